The highest BCUT2D eigenvalue weighted by molar-refractivity contribution is 9.10. The molecule has 1 atom stereocenters. The number of carbonyl (C=O) groups excluding carboxylic acids is 1. The van der Waals surface area contributed by atoms with Crippen LogP contribution in [0.2, 0.25) is 0 Å². The Hall–Kier alpha value is -1.86. The summed E-state index contributed by atoms with van der Waals surface area (Å²) in [6.45, 7) is 5.95. The van der Waals surface area contributed by atoms with Gasteiger partial charge in [-0.2, -0.15) is 0 Å². The summed E-state index contributed by atoms with van der Waals surface area (Å²) in [4.78, 5) is 12.5. The van der Waals surface area contributed by atoms with E-state index in [1.807, 2.05) is 25.1 Å². The summed E-state index contributed by atoms with van der Waals surface area (Å²) >= 11 is 3.33. The zero-order valence-corrected chi connectivity index (χ0v) is 19.0. The molecule has 0 saturated carbocycles. The van der Waals surface area contributed by atoms with E-state index in [0.717, 1.165) is 21.5 Å². The molecule has 0 fully saturated rings. The average Bonchev–Trinajstić information content (AvgIpc) is 2.60. The molecule has 7 heteroatoms. The molecule has 0 aliphatic heterocycles. The van der Waals surface area contributed by atoms with Crippen molar-refractivity contribution in [2.75, 3.05) is 17.1 Å². The number of benzene rings is 2. The van der Waals surface area contributed by atoms with Gasteiger partial charge < -0.3 is 5.32 Å². The number of hydrogen-bond donors (Lipinski definition) is 1. The van der Waals surface area contributed by atoms with Crippen molar-refractivity contribution in [2.24, 2.45) is 0 Å². The fraction of sp³-hybridized carbons (Fsp3) is 0.381. The molecule has 2 aromatic carbocycles. The number of halogens is 1. The second-order valence-corrected chi connectivity index (χ2v) is 10.5. The van der Waals surface area contributed by atoms with Gasteiger partial charge in [0.15, 0.2) is 0 Å². The van der Waals surface area contributed by atoms with Crippen molar-refractivity contribution < 1.29 is 13.2 Å². The van der Waals surface area contributed by atoms with Crippen LogP contribution in [0, 0.1) is 0 Å². The molecule has 0 aliphatic carbocycles. The largest absolute Gasteiger partial charge is 0.352 e. The van der Waals surface area contributed by atoms with Crippen LogP contribution in [0.4, 0.5) is 5.69 Å². The predicted molar refractivity (Wildman–Crippen MR) is 118 cm³/mol. The van der Waals surface area contributed by atoms with Crippen molar-refractivity contribution in [3.63, 3.8) is 0 Å². The Bertz CT molecular complexity index is 897. The van der Waals surface area contributed by atoms with Gasteiger partial charge in [0.25, 0.3) is 0 Å². The van der Waals surface area contributed by atoms with Crippen LogP contribution in [-0.4, -0.2) is 33.2 Å². The molecule has 2 rings (SSSR count). The highest BCUT2D eigenvalue weighted by Gasteiger charge is 2.26. The SMILES string of the molecule is CC(CC(C)(C)c1ccccc1)NC(=O)CN(c1ccc(Br)cc1)S(C)(=O)=O. The molecular formula is C21H27BrN2O3S. The minimum absolute atomic E-state index is 0.103. The molecule has 1 amide bonds. The van der Waals surface area contributed by atoms with E-state index in [4.69, 9.17) is 0 Å². The van der Waals surface area contributed by atoms with Gasteiger partial charge in [0.1, 0.15) is 6.54 Å². The number of rotatable bonds is 8. The van der Waals surface area contributed by atoms with E-state index in [0.29, 0.717) is 5.69 Å². The number of nitrogens with one attached hydrogen (secondary N) is 1. The van der Waals surface area contributed by atoms with Gasteiger partial charge in [-0.05, 0) is 48.6 Å². The highest BCUT2D eigenvalue weighted by Crippen LogP contribution is 2.28. The molecule has 1 unspecified atom stereocenters. The minimum atomic E-state index is -3.58. The predicted octanol–water partition coefficient (Wildman–Crippen LogP) is 4.09. The first kappa shape index (κ1) is 22.4. The van der Waals surface area contributed by atoms with Gasteiger partial charge in [-0.1, -0.05) is 60.1 Å². The van der Waals surface area contributed by atoms with Gasteiger partial charge in [-0.15, -0.1) is 0 Å². The number of nitrogens with zero attached hydrogens (tertiary/aromatic N) is 1. The Morgan fingerprint density at radius 3 is 2.21 bits per heavy atom. The number of sulfonamides is 1. The maximum absolute atomic E-state index is 12.5. The van der Waals surface area contributed by atoms with E-state index in [2.05, 4.69) is 47.2 Å². The monoisotopic (exact) mass is 466 g/mol. The van der Waals surface area contributed by atoms with Gasteiger partial charge in [-0.25, -0.2) is 8.42 Å². The lowest BCUT2D eigenvalue weighted by atomic mass is 9.79. The van der Waals surface area contributed by atoms with E-state index < -0.39 is 10.0 Å². The third kappa shape index (κ3) is 6.34. The normalized spacial score (nSPS) is 13.0. The van der Waals surface area contributed by atoms with Crippen LogP contribution in [0.15, 0.2) is 59.1 Å². The Labute approximate surface area is 176 Å². The first-order valence-corrected chi connectivity index (χ1v) is 11.7. The van der Waals surface area contributed by atoms with Crippen LogP contribution in [0.5, 0.6) is 0 Å². The van der Waals surface area contributed by atoms with Crippen LogP contribution in [0.3, 0.4) is 0 Å². The summed E-state index contributed by atoms with van der Waals surface area (Å²) in [5.41, 5.74) is 1.54. The highest BCUT2D eigenvalue weighted by atomic mass is 79.9. The zero-order valence-electron chi connectivity index (χ0n) is 16.6. The second-order valence-electron chi connectivity index (χ2n) is 7.67. The molecule has 5 nitrogen and oxygen atoms in total. The number of anilines is 1. The van der Waals surface area contributed by atoms with E-state index in [1.54, 1.807) is 24.3 Å². The van der Waals surface area contributed by atoms with E-state index in [9.17, 15) is 13.2 Å². The lowest BCUT2D eigenvalue weighted by Gasteiger charge is -2.30. The fourth-order valence-corrected chi connectivity index (χ4v) is 4.40. The van der Waals surface area contributed by atoms with Gasteiger partial charge in [0.2, 0.25) is 15.9 Å². The van der Waals surface area contributed by atoms with Gasteiger partial charge in [-0.3, -0.25) is 9.10 Å². The van der Waals surface area contributed by atoms with E-state index >= 15 is 0 Å². The quantitative estimate of drug-likeness (QED) is 0.636. The second kappa shape index (κ2) is 9.09. The molecule has 152 valence electrons. The first-order valence-electron chi connectivity index (χ1n) is 9.07. The smallest absolute Gasteiger partial charge is 0.240 e. The topological polar surface area (TPSA) is 66.5 Å². The van der Waals surface area contributed by atoms with Crippen molar-refractivity contribution in [1.29, 1.82) is 0 Å². The van der Waals surface area contributed by atoms with E-state index in [-0.39, 0.29) is 23.9 Å². The van der Waals surface area contributed by atoms with Gasteiger partial charge >= 0.3 is 0 Å². The van der Waals surface area contributed by atoms with E-state index in [1.165, 1.54) is 5.56 Å². The Balaban J connectivity index is 2.05. The van der Waals surface area contributed by atoms with Crippen molar-refractivity contribution in [1.82, 2.24) is 5.32 Å². The molecule has 1 N–H and O–H groups in total. The Morgan fingerprint density at radius 1 is 1.11 bits per heavy atom. The summed E-state index contributed by atoms with van der Waals surface area (Å²) in [5, 5.41) is 2.94. The lowest BCUT2D eigenvalue weighted by molar-refractivity contribution is -0.120. The molecule has 0 aliphatic rings. The van der Waals surface area contributed by atoms with Crippen LogP contribution in [-0.2, 0) is 20.2 Å². The summed E-state index contributed by atoms with van der Waals surface area (Å²) < 4.78 is 26.3. The third-order valence-electron chi connectivity index (χ3n) is 4.58. The first-order chi connectivity index (χ1) is 13.0. The van der Waals surface area contributed by atoms with Gasteiger partial charge in [0.05, 0.1) is 11.9 Å². The van der Waals surface area contributed by atoms with Gasteiger partial charge in [0, 0.05) is 10.5 Å². The standard InChI is InChI=1S/C21H27BrN2O3S/c1-16(14-21(2,3)17-8-6-5-7-9-17)23-20(25)15-24(28(4,26)27)19-12-10-18(22)11-13-19/h5-13,16H,14-15H2,1-4H3,(H,23,25). The van der Waals surface area contributed by atoms with Crippen molar-refractivity contribution >= 4 is 37.5 Å². The summed E-state index contributed by atoms with van der Waals surface area (Å²) in [5.74, 6) is -0.329. The maximum Gasteiger partial charge on any atom is 0.240 e. The fourth-order valence-electron chi connectivity index (χ4n) is 3.28. The Morgan fingerprint density at radius 2 is 1.68 bits per heavy atom. The van der Waals surface area contributed by atoms with Crippen LogP contribution in [0.1, 0.15) is 32.8 Å². The number of amides is 1. The molecular weight excluding hydrogens is 440 g/mol. The van der Waals surface area contributed by atoms with Crippen LogP contribution >= 0.6 is 15.9 Å². The van der Waals surface area contributed by atoms with Crippen LogP contribution in [0.25, 0.3) is 0 Å². The third-order valence-corrected chi connectivity index (χ3v) is 6.25. The number of carbonyl (C=O) groups is 1. The summed E-state index contributed by atoms with van der Waals surface area (Å²) in [6, 6.07) is 16.9. The van der Waals surface area contributed by atoms with Crippen molar-refractivity contribution in [3.05, 3.63) is 64.6 Å². The summed E-state index contributed by atoms with van der Waals surface area (Å²) in [7, 11) is -3.58. The summed E-state index contributed by atoms with van der Waals surface area (Å²) in [6.07, 6.45) is 1.84. The van der Waals surface area contributed by atoms with Crippen molar-refractivity contribution in [3.8, 4) is 0 Å². The molecule has 2 aromatic rings. The zero-order chi connectivity index (χ0) is 20.9. The molecule has 0 heterocycles. The van der Waals surface area contributed by atoms with Crippen LogP contribution < -0.4 is 9.62 Å². The average molecular weight is 467 g/mol. The molecule has 0 saturated heterocycles. The molecule has 28 heavy (non-hydrogen) atoms. The number of hydrogen-bond acceptors (Lipinski definition) is 3. The molecule has 0 aromatic heterocycles. The lowest BCUT2D eigenvalue weighted by Crippen LogP contribution is -2.44. The minimum Gasteiger partial charge on any atom is -0.352 e. The van der Waals surface area contributed by atoms with Crippen molar-refractivity contribution in [2.45, 2.75) is 38.6 Å². The maximum atomic E-state index is 12.5. The molecule has 0 bridgehead atoms. The Kier molecular flexibility index (Phi) is 7.28. The molecule has 0 radical (unpaired) electrons. The molecule has 0 spiro atoms.